The molecule has 1 aromatic rings. The van der Waals surface area contributed by atoms with Crippen LogP contribution in [-0.2, 0) is 27.2 Å². The predicted octanol–water partition coefficient (Wildman–Crippen LogP) is 1.21. The van der Waals surface area contributed by atoms with Gasteiger partial charge in [-0.15, -0.1) is 0 Å². The van der Waals surface area contributed by atoms with Crippen LogP contribution in [0, 0.1) is 5.92 Å². The van der Waals surface area contributed by atoms with Crippen molar-refractivity contribution in [1.29, 1.82) is 0 Å². The number of nitrogens with two attached hydrogens (primary N) is 2. The van der Waals surface area contributed by atoms with Crippen LogP contribution in [0.5, 0.6) is 0 Å². The van der Waals surface area contributed by atoms with Gasteiger partial charge in [0.1, 0.15) is 5.54 Å². The highest BCUT2D eigenvalue weighted by Crippen LogP contribution is 2.32. The van der Waals surface area contributed by atoms with Gasteiger partial charge in [0.2, 0.25) is 5.91 Å². The third-order valence-corrected chi connectivity index (χ3v) is 5.74. The Balaban J connectivity index is 1.73. The summed E-state index contributed by atoms with van der Waals surface area (Å²) >= 11 is 0. The summed E-state index contributed by atoms with van der Waals surface area (Å²) in [6.07, 6.45) is 3.80. The van der Waals surface area contributed by atoms with Crippen LogP contribution in [0.25, 0.3) is 0 Å². The molecule has 8 heteroatoms. The first kappa shape index (κ1) is 20.1. The molecule has 1 unspecified atom stereocenters. The lowest BCUT2D eigenvalue weighted by Crippen LogP contribution is -2.53. The van der Waals surface area contributed by atoms with E-state index in [9.17, 15) is 14.4 Å². The molecule has 3 amide bonds. The molecule has 3 rings (SSSR count). The Labute approximate surface area is 164 Å². The fourth-order valence-electron chi connectivity index (χ4n) is 4.33. The molecule has 8 nitrogen and oxygen atoms in total. The van der Waals surface area contributed by atoms with Gasteiger partial charge in [-0.1, -0.05) is 25.3 Å². The fourth-order valence-corrected chi connectivity index (χ4v) is 4.33. The van der Waals surface area contributed by atoms with E-state index < -0.39 is 17.7 Å². The Hall–Kier alpha value is -2.61. The van der Waals surface area contributed by atoms with Gasteiger partial charge in [-0.25, -0.2) is 4.79 Å². The Morgan fingerprint density at radius 3 is 2.46 bits per heavy atom. The van der Waals surface area contributed by atoms with Gasteiger partial charge < -0.3 is 26.8 Å². The molecular formula is C20H28N4O4. The number of benzene rings is 1. The second-order valence-electron chi connectivity index (χ2n) is 7.82. The van der Waals surface area contributed by atoms with Gasteiger partial charge in [0.25, 0.3) is 5.91 Å². The van der Waals surface area contributed by atoms with Crippen LogP contribution < -0.4 is 22.1 Å². The van der Waals surface area contributed by atoms with Crippen LogP contribution in [0.4, 0.5) is 10.5 Å². The number of likely N-dealkylation sites (N-methyl/N-ethyl adjacent to an activating group) is 1. The SMILES string of the molecule is CNC(=O)C1(N)Cc2ccc(NC(=O)[C@@H](OC(N)=O)C3CCCCC3)cc2C1. The maximum Gasteiger partial charge on any atom is 0.405 e. The second-order valence-corrected chi connectivity index (χ2v) is 7.82. The predicted molar refractivity (Wildman–Crippen MR) is 104 cm³/mol. The summed E-state index contributed by atoms with van der Waals surface area (Å²) in [5.41, 5.74) is 12.9. The van der Waals surface area contributed by atoms with E-state index in [1.807, 2.05) is 12.1 Å². The molecule has 0 aliphatic heterocycles. The standard InChI is InChI=1S/C20H28N4O4/c1-23-18(26)20(22)10-13-7-8-15(9-14(13)11-20)24-17(25)16(28-19(21)27)12-5-3-2-4-6-12/h7-9,12,16H,2-6,10-11,22H2,1H3,(H2,21,27)(H,23,26)(H,24,25)/t16-,20?/m0/s1. The number of anilines is 1. The molecule has 0 heterocycles. The van der Waals surface area contributed by atoms with Crippen LogP contribution in [0.1, 0.15) is 43.2 Å². The minimum absolute atomic E-state index is 0.0272. The number of carbonyl (C=O) groups excluding carboxylic acids is 3. The van der Waals surface area contributed by atoms with Crippen molar-refractivity contribution in [2.24, 2.45) is 17.4 Å². The highest BCUT2D eigenvalue weighted by atomic mass is 16.6. The van der Waals surface area contributed by atoms with Gasteiger partial charge in [0, 0.05) is 25.1 Å². The van der Waals surface area contributed by atoms with E-state index in [-0.39, 0.29) is 17.7 Å². The quantitative estimate of drug-likeness (QED) is 0.601. The fraction of sp³-hybridized carbons (Fsp3) is 0.550. The number of fused-ring (bicyclic) bond motifs is 1. The Morgan fingerprint density at radius 1 is 1.14 bits per heavy atom. The molecule has 2 aliphatic rings. The molecule has 6 N–H and O–H groups in total. The van der Waals surface area contributed by atoms with E-state index in [1.54, 1.807) is 13.1 Å². The molecule has 0 saturated heterocycles. The third-order valence-electron chi connectivity index (χ3n) is 5.74. The normalized spacial score (nSPS) is 22.8. The Bertz CT molecular complexity index is 775. The van der Waals surface area contributed by atoms with Crippen LogP contribution in [0.2, 0.25) is 0 Å². The summed E-state index contributed by atoms with van der Waals surface area (Å²) in [6, 6.07) is 5.47. The number of hydrogen-bond donors (Lipinski definition) is 4. The number of rotatable bonds is 5. The molecule has 152 valence electrons. The van der Waals surface area contributed by atoms with Crippen molar-refractivity contribution < 1.29 is 19.1 Å². The zero-order valence-corrected chi connectivity index (χ0v) is 16.1. The van der Waals surface area contributed by atoms with Gasteiger partial charge in [-0.05, 0) is 42.5 Å². The summed E-state index contributed by atoms with van der Waals surface area (Å²) in [4.78, 5) is 36.2. The Morgan fingerprint density at radius 2 is 1.82 bits per heavy atom. The van der Waals surface area contributed by atoms with Gasteiger partial charge in [0.15, 0.2) is 6.10 Å². The maximum atomic E-state index is 12.8. The summed E-state index contributed by atoms with van der Waals surface area (Å²) in [7, 11) is 1.57. The van der Waals surface area contributed by atoms with Gasteiger partial charge in [-0.2, -0.15) is 0 Å². The number of carbonyl (C=O) groups is 3. The van der Waals surface area contributed by atoms with E-state index in [1.165, 1.54) is 0 Å². The minimum Gasteiger partial charge on any atom is -0.436 e. The van der Waals surface area contributed by atoms with Gasteiger partial charge in [0.05, 0.1) is 0 Å². The van der Waals surface area contributed by atoms with E-state index >= 15 is 0 Å². The first-order valence-corrected chi connectivity index (χ1v) is 9.72. The lowest BCUT2D eigenvalue weighted by Gasteiger charge is -2.28. The second kappa shape index (κ2) is 8.18. The van der Waals surface area contributed by atoms with Crippen molar-refractivity contribution in [3.8, 4) is 0 Å². The summed E-state index contributed by atoms with van der Waals surface area (Å²) in [5, 5.41) is 5.44. The summed E-state index contributed by atoms with van der Waals surface area (Å²) < 4.78 is 5.15. The van der Waals surface area contributed by atoms with E-state index in [4.69, 9.17) is 16.2 Å². The first-order valence-electron chi connectivity index (χ1n) is 9.72. The number of nitrogens with one attached hydrogen (secondary N) is 2. The molecule has 28 heavy (non-hydrogen) atoms. The monoisotopic (exact) mass is 388 g/mol. The molecule has 0 aromatic heterocycles. The van der Waals surface area contributed by atoms with Crippen LogP contribution >= 0.6 is 0 Å². The number of ether oxygens (including phenoxy) is 1. The topological polar surface area (TPSA) is 137 Å². The third kappa shape index (κ3) is 4.27. The van der Waals surface area contributed by atoms with Crippen molar-refractivity contribution in [1.82, 2.24) is 5.32 Å². The maximum absolute atomic E-state index is 12.8. The molecule has 0 bridgehead atoms. The number of amides is 3. The van der Waals surface area contributed by atoms with Crippen molar-refractivity contribution in [3.63, 3.8) is 0 Å². The van der Waals surface area contributed by atoms with Crippen molar-refractivity contribution in [3.05, 3.63) is 29.3 Å². The zero-order valence-electron chi connectivity index (χ0n) is 16.1. The average molecular weight is 388 g/mol. The van der Waals surface area contributed by atoms with E-state index in [0.717, 1.165) is 43.2 Å². The molecule has 1 fully saturated rings. The minimum atomic E-state index is -0.973. The van der Waals surface area contributed by atoms with Crippen LogP contribution in [0.15, 0.2) is 18.2 Å². The molecule has 0 radical (unpaired) electrons. The van der Waals surface area contributed by atoms with E-state index in [0.29, 0.717) is 18.5 Å². The molecule has 1 aromatic carbocycles. The van der Waals surface area contributed by atoms with E-state index in [2.05, 4.69) is 10.6 Å². The average Bonchev–Trinajstić information content (AvgIpc) is 3.02. The van der Waals surface area contributed by atoms with Gasteiger partial charge in [-0.3, -0.25) is 9.59 Å². The number of primary amides is 1. The van der Waals surface area contributed by atoms with Crippen molar-refractivity contribution in [2.75, 3.05) is 12.4 Å². The van der Waals surface area contributed by atoms with Crippen molar-refractivity contribution in [2.45, 2.75) is 56.6 Å². The Kier molecular flexibility index (Phi) is 5.88. The summed E-state index contributed by atoms with van der Waals surface area (Å²) in [5.74, 6) is -0.615. The molecular weight excluding hydrogens is 360 g/mol. The summed E-state index contributed by atoms with van der Waals surface area (Å²) in [6.45, 7) is 0. The highest BCUT2D eigenvalue weighted by Gasteiger charge is 2.40. The molecule has 2 atom stereocenters. The van der Waals surface area contributed by atoms with Crippen LogP contribution in [-0.4, -0.2) is 36.6 Å². The molecule has 1 saturated carbocycles. The van der Waals surface area contributed by atoms with Crippen molar-refractivity contribution >= 4 is 23.6 Å². The largest absolute Gasteiger partial charge is 0.436 e. The van der Waals surface area contributed by atoms with Gasteiger partial charge >= 0.3 is 6.09 Å². The highest BCUT2D eigenvalue weighted by molar-refractivity contribution is 5.95. The number of hydrogen-bond acceptors (Lipinski definition) is 5. The smallest absolute Gasteiger partial charge is 0.405 e. The lowest BCUT2D eigenvalue weighted by molar-refractivity contribution is -0.127. The first-order chi connectivity index (χ1) is 13.3. The molecule has 2 aliphatic carbocycles. The molecule has 0 spiro atoms. The zero-order chi connectivity index (χ0) is 20.3. The van der Waals surface area contributed by atoms with Crippen LogP contribution in [0.3, 0.4) is 0 Å². The lowest BCUT2D eigenvalue weighted by atomic mass is 9.85.